The summed E-state index contributed by atoms with van der Waals surface area (Å²) in [5.74, 6) is -0.644. The molecule has 2 heterocycles. The van der Waals surface area contributed by atoms with Crippen LogP contribution in [0, 0.1) is 0 Å². The lowest BCUT2D eigenvalue weighted by Gasteiger charge is -2.31. The van der Waals surface area contributed by atoms with Gasteiger partial charge in [-0.2, -0.15) is 0 Å². The van der Waals surface area contributed by atoms with Gasteiger partial charge in [0, 0.05) is 18.8 Å². The van der Waals surface area contributed by atoms with Gasteiger partial charge in [-0.15, -0.1) is 0 Å². The van der Waals surface area contributed by atoms with Crippen LogP contribution in [-0.2, 0) is 14.3 Å². The van der Waals surface area contributed by atoms with E-state index in [-0.39, 0.29) is 24.7 Å². The van der Waals surface area contributed by atoms with Crippen molar-refractivity contribution in [3.63, 3.8) is 0 Å². The lowest BCUT2D eigenvalue weighted by Crippen LogP contribution is -2.50. The number of carbonyl (C=O) groups excluding carboxylic acids is 2. The second kappa shape index (κ2) is 6.50. The van der Waals surface area contributed by atoms with Crippen LogP contribution >= 0.6 is 0 Å². The van der Waals surface area contributed by atoms with Crippen molar-refractivity contribution in [1.82, 2.24) is 9.88 Å². The van der Waals surface area contributed by atoms with Crippen LogP contribution in [0.25, 0.3) is 0 Å². The topological polar surface area (TPSA) is 95.6 Å². The largest absolute Gasteiger partial charge is 0.379 e. The standard InChI is InChI=1S/C15H21N3O4/c16-14(19)9-22-13-8-21-7-5-11(13)17-15(20)12-2-1-6-18(12)10-3-4-10/h1-2,6,10-11,13H,3-5,7-9H2,(H2,16,19)(H,17,20)/t11-,13-/m1/s1. The molecule has 22 heavy (non-hydrogen) atoms. The van der Waals surface area contributed by atoms with Crippen LogP contribution in [0.3, 0.4) is 0 Å². The summed E-state index contributed by atoms with van der Waals surface area (Å²) in [4.78, 5) is 23.3. The zero-order chi connectivity index (χ0) is 15.5. The van der Waals surface area contributed by atoms with Crippen molar-refractivity contribution in [3.8, 4) is 0 Å². The minimum atomic E-state index is -0.529. The average Bonchev–Trinajstić information content (AvgIpc) is 3.23. The Labute approximate surface area is 128 Å². The van der Waals surface area contributed by atoms with E-state index >= 15 is 0 Å². The number of carbonyl (C=O) groups is 2. The number of nitrogens with one attached hydrogen (secondary N) is 1. The Kier molecular flexibility index (Phi) is 4.44. The molecule has 0 radical (unpaired) electrons. The number of amides is 2. The van der Waals surface area contributed by atoms with Crippen molar-refractivity contribution in [3.05, 3.63) is 24.0 Å². The number of primary amides is 1. The second-order valence-electron chi connectivity index (χ2n) is 5.79. The third kappa shape index (κ3) is 3.48. The summed E-state index contributed by atoms with van der Waals surface area (Å²) in [6.45, 7) is 0.742. The molecule has 1 aliphatic carbocycles. The fraction of sp³-hybridized carbons (Fsp3) is 0.600. The number of ether oxygens (including phenoxy) is 2. The van der Waals surface area contributed by atoms with Crippen molar-refractivity contribution < 1.29 is 19.1 Å². The molecule has 7 heteroatoms. The first-order valence-electron chi connectivity index (χ1n) is 7.60. The highest BCUT2D eigenvalue weighted by atomic mass is 16.5. The van der Waals surface area contributed by atoms with Crippen LogP contribution in [0.4, 0.5) is 0 Å². The maximum absolute atomic E-state index is 12.5. The van der Waals surface area contributed by atoms with Crippen LogP contribution in [-0.4, -0.2) is 48.3 Å². The molecule has 0 aromatic carbocycles. The fourth-order valence-corrected chi connectivity index (χ4v) is 2.73. The maximum Gasteiger partial charge on any atom is 0.268 e. The third-order valence-corrected chi connectivity index (χ3v) is 4.01. The molecule has 2 aliphatic rings. The Morgan fingerprint density at radius 2 is 2.23 bits per heavy atom. The highest BCUT2D eigenvalue weighted by Crippen LogP contribution is 2.36. The molecule has 0 unspecified atom stereocenters. The smallest absolute Gasteiger partial charge is 0.268 e. The number of hydrogen-bond donors (Lipinski definition) is 2. The molecule has 2 atom stereocenters. The monoisotopic (exact) mass is 307 g/mol. The van der Waals surface area contributed by atoms with E-state index < -0.39 is 5.91 Å². The highest BCUT2D eigenvalue weighted by Gasteiger charge is 2.31. The van der Waals surface area contributed by atoms with Gasteiger partial charge in [0.05, 0.1) is 12.6 Å². The number of hydrogen-bond acceptors (Lipinski definition) is 4. The molecule has 1 saturated carbocycles. The van der Waals surface area contributed by atoms with Crippen LogP contribution < -0.4 is 11.1 Å². The van der Waals surface area contributed by atoms with Gasteiger partial charge >= 0.3 is 0 Å². The van der Waals surface area contributed by atoms with Gasteiger partial charge in [-0.3, -0.25) is 9.59 Å². The Morgan fingerprint density at radius 3 is 2.95 bits per heavy atom. The van der Waals surface area contributed by atoms with E-state index in [0.717, 1.165) is 12.8 Å². The first-order valence-corrected chi connectivity index (χ1v) is 7.60. The molecular formula is C15H21N3O4. The summed E-state index contributed by atoms with van der Waals surface area (Å²) in [5.41, 5.74) is 5.77. The summed E-state index contributed by atoms with van der Waals surface area (Å²) in [7, 11) is 0. The summed E-state index contributed by atoms with van der Waals surface area (Å²) < 4.78 is 12.8. The summed E-state index contributed by atoms with van der Waals surface area (Å²) in [6, 6.07) is 3.99. The molecule has 1 aromatic heterocycles. The van der Waals surface area contributed by atoms with E-state index in [0.29, 0.717) is 31.4 Å². The summed E-state index contributed by atoms with van der Waals surface area (Å²) in [5, 5.41) is 3.00. The number of nitrogens with two attached hydrogens (primary N) is 1. The van der Waals surface area contributed by atoms with Crippen molar-refractivity contribution in [1.29, 1.82) is 0 Å². The zero-order valence-electron chi connectivity index (χ0n) is 12.4. The van der Waals surface area contributed by atoms with Gasteiger partial charge in [-0.25, -0.2) is 0 Å². The second-order valence-corrected chi connectivity index (χ2v) is 5.79. The first-order chi connectivity index (χ1) is 10.6. The van der Waals surface area contributed by atoms with Gasteiger partial charge in [-0.05, 0) is 31.4 Å². The lowest BCUT2D eigenvalue weighted by molar-refractivity contribution is -0.129. The maximum atomic E-state index is 12.5. The van der Waals surface area contributed by atoms with E-state index in [2.05, 4.69) is 5.32 Å². The zero-order valence-corrected chi connectivity index (χ0v) is 12.4. The van der Waals surface area contributed by atoms with E-state index in [4.69, 9.17) is 15.2 Å². The van der Waals surface area contributed by atoms with E-state index in [1.807, 2.05) is 22.9 Å². The van der Waals surface area contributed by atoms with Gasteiger partial charge < -0.3 is 25.1 Å². The molecule has 3 rings (SSSR count). The number of rotatable bonds is 6. The SMILES string of the molecule is NC(=O)CO[C@@H]1COCC[C@H]1NC(=O)c1cccn1C1CC1. The van der Waals surface area contributed by atoms with Gasteiger partial charge in [0.15, 0.2) is 0 Å². The average molecular weight is 307 g/mol. The van der Waals surface area contributed by atoms with Crippen LogP contribution in [0.2, 0.25) is 0 Å². The van der Waals surface area contributed by atoms with Crippen molar-refractivity contribution in [2.75, 3.05) is 19.8 Å². The van der Waals surface area contributed by atoms with Crippen molar-refractivity contribution in [2.45, 2.75) is 37.5 Å². The van der Waals surface area contributed by atoms with Gasteiger partial charge in [0.2, 0.25) is 5.91 Å². The summed E-state index contributed by atoms with van der Waals surface area (Å²) >= 11 is 0. The molecule has 0 spiro atoms. The predicted molar refractivity (Wildman–Crippen MR) is 78.3 cm³/mol. The van der Waals surface area contributed by atoms with E-state index in [1.54, 1.807) is 0 Å². The van der Waals surface area contributed by atoms with Gasteiger partial charge in [0.25, 0.3) is 5.91 Å². The van der Waals surface area contributed by atoms with Crippen molar-refractivity contribution in [2.24, 2.45) is 5.73 Å². The molecule has 2 fully saturated rings. The van der Waals surface area contributed by atoms with Gasteiger partial charge in [0.1, 0.15) is 18.4 Å². The third-order valence-electron chi connectivity index (χ3n) is 4.01. The fourth-order valence-electron chi connectivity index (χ4n) is 2.73. The van der Waals surface area contributed by atoms with Gasteiger partial charge in [-0.1, -0.05) is 0 Å². The number of nitrogens with zero attached hydrogens (tertiary/aromatic N) is 1. The molecule has 3 N–H and O–H groups in total. The molecule has 120 valence electrons. The molecule has 0 bridgehead atoms. The number of aromatic nitrogens is 1. The Balaban J connectivity index is 1.63. The van der Waals surface area contributed by atoms with Crippen LogP contribution in [0.1, 0.15) is 35.8 Å². The molecule has 2 amide bonds. The molecule has 1 aromatic rings. The molecule has 1 saturated heterocycles. The van der Waals surface area contributed by atoms with Crippen LogP contribution in [0.15, 0.2) is 18.3 Å². The normalized spacial score (nSPS) is 24.9. The van der Waals surface area contributed by atoms with E-state index in [1.165, 1.54) is 0 Å². The summed E-state index contributed by atoms with van der Waals surface area (Å²) in [6.07, 6.45) is 4.49. The Bertz CT molecular complexity index is 553. The Hall–Kier alpha value is -1.86. The minimum absolute atomic E-state index is 0.114. The van der Waals surface area contributed by atoms with Crippen LogP contribution in [0.5, 0.6) is 0 Å². The van der Waals surface area contributed by atoms with E-state index in [9.17, 15) is 9.59 Å². The molecule has 1 aliphatic heterocycles. The highest BCUT2D eigenvalue weighted by molar-refractivity contribution is 5.93. The minimum Gasteiger partial charge on any atom is -0.379 e. The first kappa shape index (κ1) is 15.1. The van der Waals surface area contributed by atoms with Crippen molar-refractivity contribution >= 4 is 11.8 Å². The lowest BCUT2D eigenvalue weighted by atomic mass is 10.1. The predicted octanol–water partition coefficient (Wildman–Crippen LogP) is 0.212. The molecule has 7 nitrogen and oxygen atoms in total. The quantitative estimate of drug-likeness (QED) is 0.785. The molecular weight excluding hydrogens is 286 g/mol. The Morgan fingerprint density at radius 1 is 1.41 bits per heavy atom.